The summed E-state index contributed by atoms with van der Waals surface area (Å²) >= 11 is 0. The number of allylic oxidation sites excluding steroid dienone is 3. The van der Waals surface area contributed by atoms with Crippen LogP contribution in [0.3, 0.4) is 0 Å². The first kappa shape index (κ1) is 17.4. The number of hydrogen-bond acceptors (Lipinski definition) is 3. The molecule has 2 rings (SSSR count). The lowest BCUT2D eigenvalue weighted by molar-refractivity contribution is -0.113. The molecule has 0 saturated heterocycles. The summed E-state index contributed by atoms with van der Waals surface area (Å²) < 4.78 is 17.4. The Hall–Kier alpha value is -0.960. The smallest absolute Gasteiger partial charge is 0.196 e. The predicted molar refractivity (Wildman–Crippen MR) is 89.3 cm³/mol. The molecular formula is C19H32O3. The molecule has 2 aliphatic rings. The summed E-state index contributed by atoms with van der Waals surface area (Å²) in [4.78, 5) is 0. The quantitative estimate of drug-likeness (QED) is 0.578. The molecule has 0 aromatic heterocycles. The van der Waals surface area contributed by atoms with Crippen molar-refractivity contribution in [2.75, 3.05) is 13.2 Å². The van der Waals surface area contributed by atoms with Crippen LogP contribution < -0.4 is 0 Å². The van der Waals surface area contributed by atoms with Gasteiger partial charge in [0, 0.05) is 5.92 Å². The minimum Gasteiger partial charge on any atom is -0.490 e. The molecule has 3 nitrogen and oxygen atoms in total. The monoisotopic (exact) mass is 308 g/mol. The van der Waals surface area contributed by atoms with Crippen LogP contribution in [0.15, 0.2) is 23.7 Å². The topological polar surface area (TPSA) is 27.7 Å². The van der Waals surface area contributed by atoms with Crippen LogP contribution >= 0.6 is 0 Å². The van der Waals surface area contributed by atoms with E-state index in [1.165, 1.54) is 38.5 Å². The molecule has 0 bridgehead atoms. The first-order chi connectivity index (χ1) is 10.7. The molecule has 2 unspecified atom stereocenters. The molecule has 126 valence electrons. The second-order valence-corrected chi connectivity index (χ2v) is 6.65. The molecule has 0 amide bonds. The van der Waals surface area contributed by atoms with Crippen LogP contribution in [0.2, 0.25) is 0 Å². The fourth-order valence-electron chi connectivity index (χ4n) is 3.13. The van der Waals surface area contributed by atoms with E-state index in [0.717, 1.165) is 30.5 Å². The fourth-order valence-corrected chi connectivity index (χ4v) is 3.13. The fraction of sp³-hybridized carbons (Fsp3) is 0.789. The SMILES string of the molecule is CCC(C)C1=CC=C(OC(C)OCCC2CCCCC2)CO1. The molecule has 1 aliphatic heterocycles. The van der Waals surface area contributed by atoms with Crippen molar-refractivity contribution >= 4 is 0 Å². The maximum atomic E-state index is 5.81. The molecule has 0 radical (unpaired) electrons. The third kappa shape index (κ3) is 5.68. The molecule has 1 aliphatic carbocycles. The molecule has 0 aromatic carbocycles. The van der Waals surface area contributed by atoms with Crippen LogP contribution in [-0.2, 0) is 14.2 Å². The summed E-state index contributed by atoms with van der Waals surface area (Å²) in [6, 6.07) is 0. The molecular weight excluding hydrogens is 276 g/mol. The van der Waals surface area contributed by atoms with Gasteiger partial charge in [0.2, 0.25) is 0 Å². The predicted octanol–water partition coefficient (Wildman–Crippen LogP) is 5.18. The number of rotatable bonds is 8. The third-order valence-electron chi connectivity index (χ3n) is 4.83. The second-order valence-electron chi connectivity index (χ2n) is 6.65. The summed E-state index contributed by atoms with van der Waals surface area (Å²) in [5.74, 6) is 3.25. The molecule has 3 heteroatoms. The Balaban J connectivity index is 1.65. The Bertz CT molecular complexity index is 380. The highest BCUT2D eigenvalue weighted by atomic mass is 16.7. The van der Waals surface area contributed by atoms with Gasteiger partial charge in [-0.15, -0.1) is 0 Å². The van der Waals surface area contributed by atoms with Crippen LogP contribution in [0.1, 0.15) is 65.7 Å². The Labute approximate surface area is 135 Å². The van der Waals surface area contributed by atoms with Crippen LogP contribution in [0.5, 0.6) is 0 Å². The van der Waals surface area contributed by atoms with Gasteiger partial charge in [-0.2, -0.15) is 0 Å². The zero-order valence-electron chi connectivity index (χ0n) is 14.5. The molecule has 0 N–H and O–H groups in total. The van der Waals surface area contributed by atoms with Crippen molar-refractivity contribution in [2.24, 2.45) is 11.8 Å². The maximum Gasteiger partial charge on any atom is 0.196 e. The lowest BCUT2D eigenvalue weighted by Crippen LogP contribution is -2.19. The summed E-state index contributed by atoms with van der Waals surface area (Å²) in [6.07, 6.45) is 13.1. The van der Waals surface area contributed by atoms with E-state index in [9.17, 15) is 0 Å². The summed E-state index contributed by atoms with van der Waals surface area (Å²) in [5, 5.41) is 0. The van der Waals surface area contributed by atoms with E-state index >= 15 is 0 Å². The summed E-state index contributed by atoms with van der Waals surface area (Å²) in [7, 11) is 0. The van der Waals surface area contributed by atoms with Gasteiger partial charge in [0.1, 0.15) is 12.4 Å². The average Bonchev–Trinajstić information content (AvgIpc) is 2.56. The van der Waals surface area contributed by atoms with Crippen LogP contribution in [0, 0.1) is 11.8 Å². The number of ether oxygens (including phenoxy) is 3. The standard InChI is InChI=1S/C19H32O3/c1-4-15(2)19-11-10-18(14-21-19)22-16(3)20-13-12-17-8-6-5-7-9-17/h10-11,15-17H,4-9,12-14H2,1-3H3. The van der Waals surface area contributed by atoms with Gasteiger partial charge >= 0.3 is 0 Å². The zero-order valence-corrected chi connectivity index (χ0v) is 14.5. The van der Waals surface area contributed by atoms with Gasteiger partial charge in [0.25, 0.3) is 0 Å². The second kappa shape index (κ2) is 9.24. The molecule has 1 saturated carbocycles. The van der Waals surface area contributed by atoms with Gasteiger partial charge in [0.05, 0.1) is 12.4 Å². The van der Waals surface area contributed by atoms with E-state index in [1.54, 1.807) is 0 Å². The normalized spacial score (nSPS) is 22.3. The average molecular weight is 308 g/mol. The van der Waals surface area contributed by atoms with Gasteiger partial charge in [-0.1, -0.05) is 46.0 Å². The Morgan fingerprint density at radius 3 is 2.59 bits per heavy atom. The zero-order chi connectivity index (χ0) is 15.8. The lowest BCUT2D eigenvalue weighted by atomic mass is 9.87. The summed E-state index contributed by atoms with van der Waals surface area (Å²) in [6.45, 7) is 7.64. The van der Waals surface area contributed by atoms with Crippen molar-refractivity contribution < 1.29 is 14.2 Å². The molecule has 22 heavy (non-hydrogen) atoms. The Morgan fingerprint density at radius 1 is 1.18 bits per heavy atom. The van der Waals surface area contributed by atoms with Crippen molar-refractivity contribution in [1.29, 1.82) is 0 Å². The van der Waals surface area contributed by atoms with Gasteiger partial charge in [-0.05, 0) is 37.8 Å². The van der Waals surface area contributed by atoms with Crippen molar-refractivity contribution in [3.63, 3.8) is 0 Å². The molecule has 0 spiro atoms. The highest BCUT2D eigenvalue weighted by Gasteiger charge is 2.16. The maximum absolute atomic E-state index is 5.81. The van der Waals surface area contributed by atoms with Gasteiger partial charge in [-0.25, -0.2) is 0 Å². The molecule has 0 aromatic rings. The van der Waals surface area contributed by atoms with Gasteiger partial charge in [0.15, 0.2) is 6.29 Å². The van der Waals surface area contributed by atoms with E-state index < -0.39 is 0 Å². The third-order valence-corrected chi connectivity index (χ3v) is 4.83. The van der Waals surface area contributed by atoms with Crippen LogP contribution in [-0.4, -0.2) is 19.5 Å². The molecule has 2 atom stereocenters. The van der Waals surface area contributed by atoms with E-state index in [4.69, 9.17) is 14.2 Å². The van der Waals surface area contributed by atoms with Crippen LogP contribution in [0.4, 0.5) is 0 Å². The van der Waals surface area contributed by atoms with E-state index in [0.29, 0.717) is 12.5 Å². The van der Waals surface area contributed by atoms with E-state index in [1.807, 2.05) is 19.1 Å². The first-order valence-corrected chi connectivity index (χ1v) is 9.00. The minimum absolute atomic E-state index is 0.197. The largest absolute Gasteiger partial charge is 0.490 e. The molecule has 1 heterocycles. The van der Waals surface area contributed by atoms with Gasteiger partial charge < -0.3 is 14.2 Å². The van der Waals surface area contributed by atoms with Crippen molar-refractivity contribution in [3.8, 4) is 0 Å². The van der Waals surface area contributed by atoms with E-state index in [2.05, 4.69) is 13.8 Å². The highest BCUT2D eigenvalue weighted by molar-refractivity contribution is 5.17. The van der Waals surface area contributed by atoms with Crippen molar-refractivity contribution in [2.45, 2.75) is 72.0 Å². The number of hydrogen-bond donors (Lipinski definition) is 0. The highest BCUT2D eigenvalue weighted by Crippen LogP contribution is 2.26. The van der Waals surface area contributed by atoms with Gasteiger partial charge in [-0.3, -0.25) is 0 Å². The minimum atomic E-state index is -0.197. The van der Waals surface area contributed by atoms with Crippen molar-refractivity contribution in [3.05, 3.63) is 23.7 Å². The summed E-state index contributed by atoms with van der Waals surface area (Å²) in [5.41, 5.74) is 0. The lowest BCUT2D eigenvalue weighted by Gasteiger charge is -2.24. The Morgan fingerprint density at radius 2 is 1.95 bits per heavy atom. The Kier molecular flexibility index (Phi) is 7.31. The van der Waals surface area contributed by atoms with Crippen LogP contribution in [0.25, 0.3) is 0 Å². The van der Waals surface area contributed by atoms with Crippen molar-refractivity contribution in [1.82, 2.24) is 0 Å². The van der Waals surface area contributed by atoms with E-state index in [-0.39, 0.29) is 6.29 Å². The molecule has 1 fully saturated rings. The first-order valence-electron chi connectivity index (χ1n) is 9.00.